The van der Waals surface area contributed by atoms with Crippen LogP contribution in [-0.4, -0.2) is 30.6 Å². The summed E-state index contributed by atoms with van der Waals surface area (Å²) in [6.45, 7) is 6.64. The molecule has 0 aliphatic heterocycles. The van der Waals surface area contributed by atoms with Crippen molar-refractivity contribution in [1.82, 2.24) is 4.90 Å². The van der Waals surface area contributed by atoms with Crippen molar-refractivity contribution in [2.45, 2.75) is 33.6 Å². The lowest BCUT2D eigenvalue weighted by Crippen LogP contribution is -2.14. The molecule has 0 radical (unpaired) electrons. The molecule has 0 fully saturated rings. The van der Waals surface area contributed by atoms with E-state index in [9.17, 15) is 9.18 Å². The first-order valence-corrected chi connectivity index (χ1v) is 8.54. The van der Waals surface area contributed by atoms with Gasteiger partial charge in [0.1, 0.15) is 11.5 Å². The highest BCUT2D eigenvalue weighted by molar-refractivity contribution is 5.98. The number of rotatable bonds is 7. The van der Waals surface area contributed by atoms with Gasteiger partial charge in [-0.1, -0.05) is 24.3 Å². The minimum absolute atomic E-state index is 0.0409. The second kappa shape index (κ2) is 8.56. The van der Waals surface area contributed by atoms with Crippen LogP contribution in [0, 0.1) is 19.7 Å². The van der Waals surface area contributed by atoms with Gasteiger partial charge < -0.3 is 4.90 Å². The number of Topliss-reactive ketones (excluding diaryl/α,β-unsaturated/α-hetero) is 1. The van der Waals surface area contributed by atoms with Crippen LogP contribution in [0.3, 0.4) is 0 Å². The third-order valence-corrected chi connectivity index (χ3v) is 4.37. The number of carbonyl (C=O) groups is 1. The topological polar surface area (TPSA) is 32.7 Å². The molecule has 4 heteroatoms. The molecule has 0 spiro atoms. The first-order valence-electron chi connectivity index (χ1n) is 8.54. The minimum Gasteiger partial charge on any atom is -0.366 e. The Hall–Kier alpha value is -2.49. The lowest BCUT2D eigenvalue weighted by atomic mass is 9.97. The van der Waals surface area contributed by atoms with Crippen LogP contribution in [-0.2, 0) is 6.42 Å². The van der Waals surface area contributed by atoms with Gasteiger partial charge in [0.25, 0.3) is 0 Å². The standard InChI is InChI=1S/C21H25FN2O/c1-5-24(4)14-23-20-12-16(3)18(13-19(20)22)21(25)11-10-17-9-7-6-8-15(17)2/h6-9,12-14H,5,10-11H2,1-4H3/b23-14+. The Balaban J connectivity index is 2.13. The van der Waals surface area contributed by atoms with Crippen LogP contribution in [0.15, 0.2) is 41.4 Å². The van der Waals surface area contributed by atoms with E-state index in [-0.39, 0.29) is 11.5 Å². The number of carbonyl (C=O) groups excluding carboxylic acids is 1. The highest BCUT2D eigenvalue weighted by Gasteiger charge is 2.14. The zero-order valence-corrected chi connectivity index (χ0v) is 15.3. The lowest BCUT2D eigenvalue weighted by Gasteiger charge is -2.10. The SMILES string of the molecule is CCN(C)/C=N/c1cc(C)c(C(=O)CCc2ccccc2C)cc1F. The fourth-order valence-electron chi connectivity index (χ4n) is 2.58. The maximum absolute atomic E-state index is 14.3. The molecule has 0 heterocycles. The van der Waals surface area contributed by atoms with E-state index in [4.69, 9.17) is 0 Å². The Labute approximate surface area is 149 Å². The summed E-state index contributed by atoms with van der Waals surface area (Å²) in [5.41, 5.74) is 3.77. The summed E-state index contributed by atoms with van der Waals surface area (Å²) in [4.78, 5) is 18.5. The lowest BCUT2D eigenvalue weighted by molar-refractivity contribution is 0.0982. The number of ketones is 1. The summed E-state index contributed by atoms with van der Waals surface area (Å²) in [5, 5.41) is 0. The molecule has 0 amide bonds. The van der Waals surface area contributed by atoms with Gasteiger partial charge in [-0.2, -0.15) is 0 Å². The first-order chi connectivity index (χ1) is 11.9. The van der Waals surface area contributed by atoms with Gasteiger partial charge in [-0.25, -0.2) is 9.38 Å². The Bertz CT molecular complexity index is 783. The molecule has 2 aromatic carbocycles. The van der Waals surface area contributed by atoms with E-state index in [1.165, 1.54) is 11.6 Å². The van der Waals surface area contributed by atoms with E-state index in [1.54, 1.807) is 12.4 Å². The van der Waals surface area contributed by atoms with Gasteiger partial charge in [0.2, 0.25) is 0 Å². The van der Waals surface area contributed by atoms with Crippen LogP contribution < -0.4 is 0 Å². The van der Waals surface area contributed by atoms with Crippen molar-refractivity contribution in [2.24, 2.45) is 4.99 Å². The molecule has 0 atom stereocenters. The van der Waals surface area contributed by atoms with Gasteiger partial charge >= 0.3 is 0 Å². The summed E-state index contributed by atoms with van der Waals surface area (Å²) in [5.74, 6) is -0.508. The molecule has 0 saturated heterocycles. The third-order valence-electron chi connectivity index (χ3n) is 4.37. The molecule has 0 bridgehead atoms. The predicted octanol–water partition coefficient (Wildman–Crippen LogP) is 4.87. The Morgan fingerprint density at radius 2 is 1.92 bits per heavy atom. The van der Waals surface area contributed by atoms with Gasteiger partial charge in [-0.3, -0.25) is 4.79 Å². The second-order valence-corrected chi connectivity index (χ2v) is 6.29. The first kappa shape index (κ1) is 18.8. The van der Waals surface area contributed by atoms with Gasteiger partial charge in [0.05, 0.1) is 6.34 Å². The maximum atomic E-state index is 14.3. The van der Waals surface area contributed by atoms with E-state index < -0.39 is 5.82 Å². The van der Waals surface area contributed by atoms with Crippen molar-refractivity contribution in [3.63, 3.8) is 0 Å². The Morgan fingerprint density at radius 1 is 1.20 bits per heavy atom. The zero-order valence-electron chi connectivity index (χ0n) is 15.3. The highest BCUT2D eigenvalue weighted by Crippen LogP contribution is 2.24. The van der Waals surface area contributed by atoms with E-state index in [0.29, 0.717) is 18.4 Å². The van der Waals surface area contributed by atoms with Crippen LogP contribution in [0.25, 0.3) is 0 Å². The van der Waals surface area contributed by atoms with Crippen molar-refractivity contribution in [3.05, 3.63) is 64.5 Å². The van der Waals surface area contributed by atoms with Gasteiger partial charge in [0, 0.05) is 25.6 Å². The number of halogens is 1. The second-order valence-electron chi connectivity index (χ2n) is 6.29. The number of aliphatic imine (C=N–C) groups is 1. The molecule has 2 rings (SSSR count). The number of nitrogens with zero attached hydrogens (tertiary/aromatic N) is 2. The maximum Gasteiger partial charge on any atom is 0.163 e. The average Bonchev–Trinajstić information content (AvgIpc) is 2.60. The molecule has 0 aliphatic carbocycles. The third kappa shape index (κ3) is 4.99. The van der Waals surface area contributed by atoms with Crippen molar-refractivity contribution >= 4 is 17.8 Å². The molecule has 0 saturated carbocycles. The number of aryl methyl sites for hydroxylation is 3. The number of hydrogen-bond donors (Lipinski definition) is 0. The molecular formula is C21H25FN2O. The van der Waals surface area contributed by atoms with Crippen LogP contribution in [0.4, 0.5) is 10.1 Å². The Morgan fingerprint density at radius 3 is 2.60 bits per heavy atom. The number of benzene rings is 2. The van der Waals surface area contributed by atoms with Crippen molar-refractivity contribution < 1.29 is 9.18 Å². The summed E-state index contributed by atoms with van der Waals surface area (Å²) in [6.07, 6.45) is 2.62. The minimum atomic E-state index is -0.467. The predicted molar refractivity (Wildman–Crippen MR) is 101 cm³/mol. The van der Waals surface area contributed by atoms with Crippen LogP contribution >= 0.6 is 0 Å². The van der Waals surface area contributed by atoms with Crippen molar-refractivity contribution in [1.29, 1.82) is 0 Å². The quantitative estimate of drug-likeness (QED) is 0.409. The molecule has 2 aromatic rings. The van der Waals surface area contributed by atoms with Crippen LogP contribution in [0.5, 0.6) is 0 Å². The molecule has 0 aromatic heterocycles. The summed E-state index contributed by atoms with van der Waals surface area (Å²) in [7, 11) is 1.87. The van der Waals surface area contributed by atoms with E-state index in [1.807, 2.05) is 57.0 Å². The fraction of sp³-hybridized carbons (Fsp3) is 0.333. The van der Waals surface area contributed by atoms with E-state index >= 15 is 0 Å². The molecule has 3 nitrogen and oxygen atoms in total. The summed E-state index contributed by atoms with van der Waals surface area (Å²) in [6, 6.07) is 11.0. The summed E-state index contributed by atoms with van der Waals surface area (Å²) < 4.78 is 14.3. The van der Waals surface area contributed by atoms with Gasteiger partial charge in [-0.05, 0) is 56.0 Å². The average molecular weight is 340 g/mol. The van der Waals surface area contributed by atoms with Crippen molar-refractivity contribution in [2.75, 3.05) is 13.6 Å². The molecule has 0 N–H and O–H groups in total. The molecule has 0 unspecified atom stereocenters. The number of hydrogen-bond acceptors (Lipinski definition) is 2. The van der Waals surface area contributed by atoms with E-state index in [0.717, 1.165) is 17.7 Å². The smallest absolute Gasteiger partial charge is 0.163 e. The fourth-order valence-corrected chi connectivity index (χ4v) is 2.58. The van der Waals surface area contributed by atoms with Crippen LogP contribution in [0.1, 0.15) is 40.4 Å². The molecule has 25 heavy (non-hydrogen) atoms. The van der Waals surface area contributed by atoms with Gasteiger partial charge in [0.15, 0.2) is 5.78 Å². The summed E-state index contributed by atoms with van der Waals surface area (Å²) >= 11 is 0. The largest absolute Gasteiger partial charge is 0.366 e. The molecular weight excluding hydrogens is 315 g/mol. The highest BCUT2D eigenvalue weighted by atomic mass is 19.1. The zero-order chi connectivity index (χ0) is 18.4. The molecule has 0 aliphatic rings. The molecule has 132 valence electrons. The van der Waals surface area contributed by atoms with E-state index in [2.05, 4.69) is 4.99 Å². The van der Waals surface area contributed by atoms with Gasteiger partial charge in [-0.15, -0.1) is 0 Å². The van der Waals surface area contributed by atoms with Crippen LogP contribution in [0.2, 0.25) is 0 Å². The monoisotopic (exact) mass is 340 g/mol. The normalized spacial score (nSPS) is 11.1. The van der Waals surface area contributed by atoms with Crippen molar-refractivity contribution in [3.8, 4) is 0 Å². The Kier molecular flexibility index (Phi) is 6.45.